The third kappa shape index (κ3) is 3.26. The van der Waals surface area contributed by atoms with Gasteiger partial charge in [-0.1, -0.05) is 41.4 Å². The van der Waals surface area contributed by atoms with E-state index in [1.165, 1.54) is 6.07 Å². The van der Waals surface area contributed by atoms with E-state index in [4.69, 9.17) is 46.4 Å². The molecule has 92 valence electrons. The van der Waals surface area contributed by atoms with Crippen LogP contribution in [0.15, 0.2) is 18.5 Å². The van der Waals surface area contributed by atoms with Gasteiger partial charge >= 0.3 is 5.97 Å². The van der Waals surface area contributed by atoms with Crippen molar-refractivity contribution in [3.8, 4) is 5.75 Å². The Bertz CT molecular complexity index is 488. The van der Waals surface area contributed by atoms with Crippen molar-refractivity contribution in [3.05, 3.63) is 39.1 Å². The first-order valence-electron chi connectivity index (χ1n) is 4.17. The molecule has 0 spiro atoms. The molecule has 0 N–H and O–H groups in total. The van der Waals surface area contributed by atoms with Gasteiger partial charge in [-0.2, -0.15) is 4.39 Å². The SMILES string of the molecule is C=C(F)C(=O)Oc1c(Cl)cc(Cl)c(CCl)c1Cl. The maximum Gasteiger partial charge on any atom is 0.372 e. The molecule has 1 rings (SSSR count). The van der Waals surface area contributed by atoms with E-state index in [1.54, 1.807) is 0 Å². The fourth-order valence-electron chi connectivity index (χ4n) is 0.975. The predicted molar refractivity (Wildman–Crippen MR) is 66.9 cm³/mol. The summed E-state index contributed by atoms with van der Waals surface area (Å²) < 4.78 is 17.1. The number of hydrogen-bond acceptors (Lipinski definition) is 2. The smallest absolute Gasteiger partial charge is 0.372 e. The molecule has 0 saturated heterocycles. The number of alkyl halides is 1. The summed E-state index contributed by atoms with van der Waals surface area (Å²) in [6, 6.07) is 1.30. The van der Waals surface area contributed by atoms with E-state index in [2.05, 4.69) is 11.3 Å². The number of halogens is 5. The van der Waals surface area contributed by atoms with Gasteiger partial charge in [-0.15, -0.1) is 11.6 Å². The number of esters is 1. The lowest BCUT2D eigenvalue weighted by molar-refractivity contribution is -0.131. The molecule has 0 bridgehead atoms. The first-order chi connectivity index (χ1) is 7.88. The monoisotopic (exact) mass is 316 g/mol. The number of benzene rings is 1. The second-order valence-corrected chi connectivity index (χ2v) is 4.35. The molecule has 2 nitrogen and oxygen atoms in total. The van der Waals surface area contributed by atoms with Gasteiger partial charge in [-0.3, -0.25) is 0 Å². The highest BCUT2D eigenvalue weighted by atomic mass is 35.5. The van der Waals surface area contributed by atoms with Crippen molar-refractivity contribution in [1.82, 2.24) is 0 Å². The Kier molecular flexibility index (Phi) is 5.07. The molecule has 0 aliphatic rings. The van der Waals surface area contributed by atoms with Gasteiger partial charge in [0.25, 0.3) is 0 Å². The van der Waals surface area contributed by atoms with Crippen LogP contribution in [0.3, 0.4) is 0 Å². The first kappa shape index (κ1) is 14.6. The highest BCUT2D eigenvalue weighted by Gasteiger charge is 2.19. The molecule has 0 aliphatic carbocycles. The summed E-state index contributed by atoms with van der Waals surface area (Å²) in [7, 11) is 0. The molecule has 1 aromatic rings. The zero-order chi connectivity index (χ0) is 13.2. The largest absolute Gasteiger partial charge is 0.418 e. The van der Waals surface area contributed by atoms with Gasteiger partial charge < -0.3 is 4.74 Å². The molecule has 0 amide bonds. The molecule has 0 heterocycles. The van der Waals surface area contributed by atoms with Crippen molar-refractivity contribution in [3.63, 3.8) is 0 Å². The van der Waals surface area contributed by atoms with Crippen molar-refractivity contribution in [2.24, 2.45) is 0 Å². The van der Waals surface area contributed by atoms with E-state index in [0.29, 0.717) is 5.56 Å². The van der Waals surface area contributed by atoms with E-state index >= 15 is 0 Å². The molecule has 0 unspecified atom stereocenters. The summed E-state index contributed by atoms with van der Waals surface area (Å²) >= 11 is 23.1. The quantitative estimate of drug-likeness (QED) is 0.347. The molecule has 7 heteroatoms. The summed E-state index contributed by atoms with van der Waals surface area (Å²) in [5.41, 5.74) is 0.340. The summed E-state index contributed by atoms with van der Waals surface area (Å²) in [6.07, 6.45) is 0. The first-order valence-corrected chi connectivity index (χ1v) is 5.84. The Labute approximate surface area is 117 Å². The van der Waals surface area contributed by atoms with E-state index in [-0.39, 0.29) is 26.7 Å². The Hall–Kier alpha value is -0.480. The topological polar surface area (TPSA) is 26.3 Å². The number of ether oxygens (including phenoxy) is 1. The van der Waals surface area contributed by atoms with Crippen LogP contribution in [0.1, 0.15) is 5.56 Å². The fraction of sp³-hybridized carbons (Fsp3) is 0.100. The second-order valence-electron chi connectivity index (χ2n) is 2.89. The van der Waals surface area contributed by atoms with Crippen LogP contribution in [-0.2, 0) is 10.7 Å². The number of rotatable bonds is 3. The molecular formula is C10H5Cl4FO2. The molecule has 0 fully saturated rings. The zero-order valence-electron chi connectivity index (χ0n) is 8.20. The van der Waals surface area contributed by atoms with Crippen LogP contribution in [0.4, 0.5) is 4.39 Å². The highest BCUT2D eigenvalue weighted by Crippen LogP contribution is 2.40. The lowest BCUT2D eigenvalue weighted by Crippen LogP contribution is -2.08. The lowest BCUT2D eigenvalue weighted by atomic mass is 10.2. The minimum atomic E-state index is -1.28. The molecule has 0 aliphatic heterocycles. The van der Waals surface area contributed by atoms with Gasteiger partial charge in [0.05, 0.1) is 15.9 Å². The molecule has 17 heavy (non-hydrogen) atoms. The number of hydrogen-bond donors (Lipinski definition) is 0. The van der Waals surface area contributed by atoms with Crippen molar-refractivity contribution in [1.29, 1.82) is 0 Å². The van der Waals surface area contributed by atoms with Crippen molar-refractivity contribution in [2.45, 2.75) is 5.88 Å². The molecule has 0 aromatic heterocycles. The van der Waals surface area contributed by atoms with E-state index < -0.39 is 11.8 Å². The lowest BCUT2D eigenvalue weighted by Gasteiger charge is -2.11. The van der Waals surface area contributed by atoms with Crippen LogP contribution >= 0.6 is 46.4 Å². The standard InChI is InChI=1S/C10H5Cl4FO2/c1-4(15)10(16)17-9-7(13)2-6(12)5(3-11)8(9)14/h2H,1,3H2. The van der Waals surface area contributed by atoms with Crippen LogP contribution in [0, 0.1) is 0 Å². The second kappa shape index (κ2) is 5.91. The average Bonchev–Trinajstić information content (AvgIpc) is 2.24. The minimum absolute atomic E-state index is 0.00401. The van der Waals surface area contributed by atoms with Gasteiger partial charge in [-0.25, -0.2) is 4.79 Å². The minimum Gasteiger partial charge on any atom is -0.418 e. The van der Waals surface area contributed by atoms with E-state index in [9.17, 15) is 9.18 Å². The molecule has 0 saturated carbocycles. The number of carbonyl (C=O) groups is 1. The van der Waals surface area contributed by atoms with Gasteiger partial charge in [-0.05, 0) is 6.07 Å². The maximum atomic E-state index is 12.5. The zero-order valence-corrected chi connectivity index (χ0v) is 11.2. The van der Waals surface area contributed by atoms with E-state index in [1.807, 2.05) is 0 Å². The van der Waals surface area contributed by atoms with Gasteiger partial charge in [0.15, 0.2) is 5.75 Å². The van der Waals surface area contributed by atoms with Crippen molar-refractivity contribution in [2.75, 3.05) is 0 Å². The normalized spacial score (nSPS) is 10.2. The Morgan fingerprint density at radius 2 is 1.94 bits per heavy atom. The van der Waals surface area contributed by atoms with Gasteiger partial charge in [0.2, 0.25) is 5.83 Å². The summed E-state index contributed by atoms with van der Waals surface area (Å²) in [6.45, 7) is 2.79. The molecular weight excluding hydrogens is 313 g/mol. The molecule has 0 atom stereocenters. The molecule has 0 radical (unpaired) electrons. The predicted octanol–water partition coefficient (Wildman–Crippen LogP) is 4.77. The number of carbonyl (C=O) groups excluding carboxylic acids is 1. The maximum absolute atomic E-state index is 12.5. The Morgan fingerprint density at radius 3 is 2.41 bits per heavy atom. The van der Waals surface area contributed by atoms with Crippen LogP contribution in [0.5, 0.6) is 5.75 Å². The van der Waals surface area contributed by atoms with Crippen molar-refractivity contribution >= 4 is 52.4 Å². The van der Waals surface area contributed by atoms with Crippen LogP contribution in [-0.4, -0.2) is 5.97 Å². The van der Waals surface area contributed by atoms with Crippen molar-refractivity contribution < 1.29 is 13.9 Å². The summed E-state index contributed by atoms with van der Waals surface area (Å²) in [5, 5.41) is 0.171. The van der Waals surface area contributed by atoms with Crippen LogP contribution in [0.25, 0.3) is 0 Å². The third-order valence-corrected chi connectivity index (χ3v) is 3.06. The average molecular weight is 318 g/mol. The fourth-order valence-corrected chi connectivity index (χ4v) is 2.36. The van der Waals surface area contributed by atoms with Gasteiger partial charge in [0, 0.05) is 10.6 Å². The Balaban J connectivity index is 3.24. The van der Waals surface area contributed by atoms with Gasteiger partial charge in [0.1, 0.15) is 0 Å². The van der Waals surface area contributed by atoms with Crippen LogP contribution in [0.2, 0.25) is 15.1 Å². The third-order valence-electron chi connectivity index (χ3n) is 1.77. The molecule has 1 aromatic carbocycles. The Morgan fingerprint density at radius 1 is 1.35 bits per heavy atom. The summed E-state index contributed by atoms with van der Waals surface area (Å²) in [5.74, 6) is -2.75. The highest BCUT2D eigenvalue weighted by molar-refractivity contribution is 6.42. The summed E-state index contributed by atoms with van der Waals surface area (Å²) in [4.78, 5) is 11.0. The van der Waals surface area contributed by atoms with E-state index in [0.717, 1.165) is 0 Å². The van der Waals surface area contributed by atoms with Crippen LogP contribution < -0.4 is 4.74 Å².